The van der Waals surface area contributed by atoms with Crippen LogP contribution in [0.5, 0.6) is 5.88 Å². The number of nitrogens with zero attached hydrogens (tertiary/aromatic N) is 5. The summed E-state index contributed by atoms with van der Waals surface area (Å²) in [5, 5.41) is 7.46. The van der Waals surface area contributed by atoms with Crippen LogP contribution in [-0.4, -0.2) is 44.2 Å². The molecule has 5 atom stereocenters. The number of ether oxygens (including phenoxy) is 1. The Kier molecular flexibility index (Phi) is 2.92. The second kappa shape index (κ2) is 5.39. The molecule has 9 rings (SSSR count). The van der Waals surface area contributed by atoms with Crippen LogP contribution in [-0.2, 0) is 5.54 Å². The topological polar surface area (TPSA) is 84.7 Å². The van der Waals surface area contributed by atoms with Crippen LogP contribution in [0.3, 0.4) is 0 Å². The fourth-order valence-electron chi connectivity index (χ4n) is 7.05. The lowest BCUT2D eigenvalue weighted by atomic mass is 9.69. The van der Waals surface area contributed by atoms with Gasteiger partial charge in [-0.25, -0.2) is 18.9 Å². The molecule has 6 aliphatic rings. The lowest BCUT2D eigenvalue weighted by Gasteiger charge is -2.43. The minimum atomic E-state index is -0.366. The van der Waals surface area contributed by atoms with E-state index in [0.717, 1.165) is 50.0 Å². The van der Waals surface area contributed by atoms with Crippen molar-refractivity contribution in [2.75, 3.05) is 11.4 Å². The van der Waals surface area contributed by atoms with Gasteiger partial charge in [-0.15, -0.1) is 0 Å². The highest BCUT2D eigenvalue weighted by atomic mass is 19.1. The number of hydrogen-bond acceptors (Lipinski definition) is 6. The van der Waals surface area contributed by atoms with Crippen molar-refractivity contribution in [3.05, 3.63) is 47.7 Å². The SMILES string of the molecule is O=C1N[C@@H]2CCC[C@H]2Oc2ncc(F)cc2C23CC4(C[C@H]42)CN3c2ccn3ncc1c3n2. The number of amides is 1. The quantitative estimate of drug-likeness (QED) is 0.588. The van der Waals surface area contributed by atoms with E-state index in [1.165, 1.54) is 6.20 Å². The van der Waals surface area contributed by atoms with Gasteiger partial charge in [-0.3, -0.25) is 4.79 Å². The molecule has 0 radical (unpaired) electrons. The molecule has 3 aliphatic heterocycles. The van der Waals surface area contributed by atoms with Crippen LogP contribution in [0.1, 0.15) is 48.0 Å². The summed E-state index contributed by atoms with van der Waals surface area (Å²) in [6.07, 6.45) is 9.16. The molecule has 3 aromatic rings. The largest absolute Gasteiger partial charge is 0.472 e. The highest BCUT2D eigenvalue weighted by molar-refractivity contribution is 6.00. The van der Waals surface area contributed by atoms with Gasteiger partial charge in [0.15, 0.2) is 5.65 Å². The number of nitrogens with one attached hydrogen (secondary N) is 1. The molecule has 3 aromatic heterocycles. The van der Waals surface area contributed by atoms with Crippen molar-refractivity contribution in [2.45, 2.75) is 49.8 Å². The summed E-state index contributed by atoms with van der Waals surface area (Å²) >= 11 is 0. The summed E-state index contributed by atoms with van der Waals surface area (Å²) in [6.45, 7) is 0.874. The maximum Gasteiger partial charge on any atom is 0.257 e. The van der Waals surface area contributed by atoms with E-state index >= 15 is 0 Å². The molecule has 0 aromatic carbocycles. The summed E-state index contributed by atoms with van der Waals surface area (Å²) in [5.41, 5.74) is 1.74. The number of fused-ring (bicyclic) bond motifs is 3. The van der Waals surface area contributed by atoms with Crippen molar-refractivity contribution in [2.24, 2.45) is 11.3 Å². The normalized spacial score (nSPS) is 36.0. The van der Waals surface area contributed by atoms with Crippen molar-refractivity contribution >= 4 is 17.4 Å². The van der Waals surface area contributed by atoms with Gasteiger partial charge in [0.1, 0.15) is 23.3 Å². The first kappa shape index (κ1) is 17.3. The molecule has 3 saturated carbocycles. The molecule has 1 amide bonds. The number of pyridine rings is 1. The zero-order valence-corrected chi connectivity index (χ0v) is 17.3. The maximum atomic E-state index is 14.5. The first-order chi connectivity index (χ1) is 15.6. The second-order valence-electron chi connectivity index (χ2n) is 10.1. The monoisotopic (exact) mass is 432 g/mol. The second-order valence-corrected chi connectivity index (χ2v) is 10.1. The first-order valence-corrected chi connectivity index (χ1v) is 11.3. The highest BCUT2D eigenvalue weighted by Gasteiger charge is 2.83. The zero-order chi connectivity index (χ0) is 21.2. The smallest absolute Gasteiger partial charge is 0.257 e. The molecule has 3 aliphatic carbocycles. The molecule has 32 heavy (non-hydrogen) atoms. The van der Waals surface area contributed by atoms with Gasteiger partial charge >= 0.3 is 0 Å². The summed E-state index contributed by atoms with van der Waals surface area (Å²) < 4.78 is 22.6. The molecular formula is C23H21FN6O2. The molecular weight excluding hydrogens is 411 g/mol. The third kappa shape index (κ3) is 1.94. The van der Waals surface area contributed by atoms with Crippen LogP contribution >= 0.6 is 0 Å². The predicted octanol–water partition coefficient (Wildman–Crippen LogP) is 2.43. The number of piperidine rings is 1. The summed E-state index contributed by atoms with van der Waals surface area (Å²) in [5.74, 6) is 1.18. The number of aromatic nitrogens is 4. The van der Waals surface area contributed by atoms with Gasteiger partial charge in [0.05, 0.1) is 24.0 Å². The van der Waals surface area contributed by atoms with Crippen molar-refractivity contribution < 1.29 is 13.9 Å². The van der Waals surface area contributed by atoms with Crippen molar-refractivity contribution in [1.29, 1.82) is 0 Å². The molecule has 1 N–H and O–H groups in total. The Morgan fingerprint density at radius 3 is 3.12 bits per heavy atom. The Bertz CT molecular complexity index is 1340. The number of hydrogen-bond donors (Lipinski definition) is 1. The molecule has 8 nitrogen and oxygen atoms in total. The minimum absolute atomic E-state index is 0.139. The van der Waals surface area contributed by atoms with E-state index in [0.29, 0.717) is 23.0 Å². The van der Waals surface area contributed by atoms with E-state index < -0.39 is 0 Å². The van der Waals surface area contributed by atoms with E-state index in [4.69, 9.17) is 9.72 Å². The Morgan fingerprint density at radius 1 is 1.28 bits per heavy atom. The average molecular weight is 432 g/mol. The van der Waals surface area contributed by atoms with Crippen molar-refractivity contribution in [3.63, 3.8) is 0 Å². The summed E-state index contributed by atoms with van der Waals surface area (Å²) in [6, 6.07) is 3.40. The Labute approximate surface area is 182 Å². The average Bonchev–Trinajstić information content (AvgIpc) is 3.28. The van der Waals surface area contributed by atoms with Crippen LogP contribution in [0.4, 0.5) is 10.2 Å². The van der Waals surface area contributed by atoms with Gasteiger partial charge in [0.25, 0.3) is 5.91 Å². The highest BCUT2D eigenvalue weighted by Crippen LogP contribution is 2.83. The lowest BCUT2D eigenvalue weighted by molar-refractivity contribution is 0.0887. The van der Waals surface area contributed by atoms with Crippen LogP contribution < -0.4 is 15.0 Å². The lowest BCUT2D eigenvalue weighted by Crippen LogP contribution is -2.47. The van der Waals surface area contributed by atoms with E-state index in [1.807, 2.05) is 12.3 Å². The van der Waals surface area contributed by atoms with Crippen LogP contribution in [0.2, 0.25) is 0 Å². The predicted molar refractivity (Wildman–Crippen MR) is 111 cm³/mol. The van der Waals surface area contributed by atoms with E-state index in [-0.39, 0.29) is 34.8 Å². The van der Waals surface area contributed by atoms with E-state index in [1.54, 1.807) is 16.8 Å². The first-order valence-electron chi connectivity index (χ1n) is 11.3. The molecule has 162 valence electrons. The van der Waals surface area contributed by atoms with Crippen molar-refractivity contribution in [3.8, 4) is 5.88 Å². The molecule has 2 spiro atoms. The zero-order valence-electron chi connectivity index (χ0n) is 17.3. The van der Waals surface area contributed by atoms with Gasteiger partial charge < -0.3 is 15.0 Å². The van der Waals surface area contributed by atoms with Crippen molar-refractivity contribution in [1.82, 2.24) is 24.9 Å². The molecule has 2 unspecified atom stereocenters. The Morgan fingerprint density at radius 2 is 2.22 bits per heavy atom. The maximum absolute atomic E-state index is 14.5. The number of carbonyl (C=O) groups is 1. The van der Waals surface area contributed by atoms with Gasteiger partial charge in [-0.2, -0.15) is 5.10 Å². The number of carbonyl (C=O) groups excluding carboxylic acids is 1. The van der Waals surface area contributed by atoms with E-state index in [2.05, 4.69) is 20.3 Å². The molecule has 2 saturated heterocycles. The standard InChI is InChI=1S/C23H21FN6O2/c24-12-6-14-21(25-8-12)32-16-3-1-2-15(16)27-20(31)13-9-26-30-5-4-18(28-19(13)30)29-11-22-7-17(22)23(14,29)10-22/h4-6,8-9,15-17H,1-3,7,10-11H2,(H,27,31)/t15-,16-,17-,22?,23?/m1/s1. The van der Waals surface area contributed by atoms with Gasteiger partial charge in [0, 0.05) is 18.3 Å². The number of rotatable bonds is 0. The van der Waals surface area contributed by atoms with Crippen LogP contribution in [0.25, 0.3) is 5.65 Å². The molecule has 9 heteroatoms. The van der Waals surface area contributed by atoms with Gasteiger partial charge in [-0.1, -0.05) is 0 Å². The summed E-state index contributed by atoms with van der Waals surface area (Å²) in [4.78, 5) is 24.7. The molecule has 4 bridgehead atoms. The van der Waals surface area contributed by atoms with Crippen LogP contribution in [0.15, 0.2) is 30.7 Å². The third-order valence-corrected chi connectivity index (χ3v) is 8.53. The van der Waals surface area contributed by atoms with Gasteiger partial charge in [-0.05, 0) is 55.6 Å². The van der Waals surface area contributed by atoms with E-state index in [9.17, 15) is 9.18 Å². The molecule has 5 fully saturated rings. The minimum Gasteiger partial charge on any atom is -0.472 e. The number of anilines is 1. The fourth-order valence-corrected chi connectivity index (χ4v) is 7.05. The van der Waals surface area contributed by atoms with Gasteiger partial charge in [0.2, 0.25) is 5.88 Å². The Balaban J connectivity index is 1.38. The van der Waals surface area contributed by atoms with Crippen LogP contribution in [0, 0.1) is 17.2 Å². The fraction of sp³-hybridized carbons (Fsp3) is 0.478. The summed E-state index contributed by atoms with van der Waals surface area (Å²) in [7, 11) is 0. The third-order valence-electron chi connectivity index (χ3n) is 8.53. The molecule has 6 heterocycles. The number of halogens is 1. The Hall–Kier alpha value is -3.23.